The highest BCUT2D eigenvalue weighted by molar-refractivity contribution is 7.99. The van der Waals surface area contributed by atoms with E-state index in [0.717, 1.165) is 22.4 Å². The maximum absolute atomic E-state index is 12.5. The minimum Gasteiger partial charge on any atom is -0.493 e. The van der Waals surface area contributed by atoms with Crippen molar-refractivity contribution in [2.75, 3.05) is 12.4 Å². The third-order valence-corrected chi connectivity index (χ3v) is 6.15. The molecule has 0 radical (unpaired) electrons. The Morgan fingerprint density at radius 1 is 1.09 bits per heavy atom. The van der Waals surface area contributed by atoms with E-state index in [1.54, 1.807) is 6.21 Å². The van der Waals surface area contributed by atoms with E-state index >= 15 is 0 Å². The van der Waals surface area contributed by atoms with Gasteiger partial charge in [0.25, 0.3) is 5.91 Å². The second-order valence-corrected chi connectivity index (χ2v) is 8.92. The van der Waals surface area contributed by atoms with E-state index in [1.165, 1.54) is 11.8 Å². The standard InChI is InChI=1S/C26H24ClN5O2S/c1-3-34-23-7-5-4-6-20(23)16-28-29-24(33)17-35-26-31-30-25(19-10-12-21(27)13-11-19)32(26)22-14-8-18(2)9-15-22/h4-16H,3,17H2,1-2H3,(H,29,33)/b28-16-. The summed E-state index contributed by atoms with van der Waals surface area (Å²) in [5.74, 6) is 1.24. The SMILES string of the molecule is CCOc1ccccc1/C=N\NC(=O)CSc1nnc(-c2ccc(Cl)cc2)n1-c1ccc(C)cc1. The first-order valence-electron chi connectivity index (χ1n) is 11.0. The fraction of sp³-hybridized carbons (Fsp3) is 0.154. The molecule has 35 heavy (non-hydrogen) atoms. The predicted octanol–water partition coefficient (Wildman–Crippen LogP) is 5.54. The van der Waals surface area contributed by atoms with Gasteiger partial charge in [-0.1, -0.05) is 53.2 Å². The van der Waals surface area contributed by atoms with Crippen LogP contribution < -0.4 is 10.2 Å². The highest BCUT2D eigenvalue weighted by atomic mass is 35.5. The molecular weight excluding hydrogens is 482 g/mol. The monoisotopic (exact) mass is 505 g/mol. The molecule has 0 aliphatic carbocycles. The summed E-state index contributed by atoms with van der Waals surface area (Å²) in [5, 5.41) is 14.1. The number of para-hydroxylation sites is 1. The van der Waals surface area contributed by atoms with E-state index in [0.29, 0.717) is 28.4 Å². The summed E-state index contributed by atoms with van der Waals surface area (Å²) in [6.45, 7) is 4.50. The van der Waals surface area contributed by atoms with Gasteiger partial charge in [0.05, 0.1) is 18.6 Å². The van der Waals surface area contributed by atoms with E-state index < -0.39 is 0 Å². The molecule has 9 heteroatoms. The van der Waals surface area contributed by atoms with Gasteiger partial charge in [0, 0.05) is 21.8 Å². The molecule has 0 saturated heterocycles. The summed E-state index contributed by atoms with van der Waals surface area (Å²) in [7, 11) is 0. The van der Waals surface area contributed by atoms with Gasteiger partial charge in [-0.05, 0) is 62.4 Å². The molecule has 178 valence electrons. The molecule has 4 rings (SSSR count). The molecule has 0 bridgehead atoms. The molecule has 3 aromatic carbocycles. The Morgan fingerprint density at radius 2 is 1.83 bits per heavy atom. The van der Waals surface area contributed by atoms with Gasteiger partial charge in [0.2, 0.25) is 0 Å². The zero-order valence-corrected chi connectivity index (χ0v) is 20.9. The normalized spacial score (nSPS) is 11.1. The van der Waals surface area contributed by atoms with Crippen LogP contribution in [0.25, 0.3) is 17.1 Å². The summed E-state index contributed by atoms with van der Waals surface area (Å²) >= 11 is 7.34. The van der Waals surface area contributed by atoms with E-state index in [9.17, 15) is 4.79 Å². The first kappa shape index (κ1) is 24.5. The lowest BCUT2D eigenvalue weighted by atomic mass is 10.2. The average Bonchev–Trinajstić information content (AvgIpc) is 3.29. The van der Waals surface area contributed by atoms with Crippen LogP contribution in [0.5, 0.6) is 5.75 Å². The number of aryl methyl sites for hydroxylation is 1. The highest BCUT2D eigenvalue weighted by Gasteiger charge is 2.17. The second-order valence-electron chi connectivity index (χ2n) is 7.54. The zero-order chi connectivity index (χ0) is 24.6. The molecule has 0 spiro atoms. The van der Waals surface area contributed by atoms with Crippen molar-refractivity contribution in [1.82, 2.24) is 20.2 Å². The van der Waals surface area contributed by atoms with E-state index in [-0.39, 0.29) is 11.7 Å². The van der Waals surface area contributed by atoms with Crippen LogP contribution in [0.3, 0.4) is 0 Å². The fourth-order valence-electron chi connectivity index (χ4n) is 3.29. The van der Waals surface area contributed by atoms with Gasteiger partial charge in [-0.2, -0.15) is 5.10 Å². The van der Waals surface area contributed by atoms with Crippen LogP contribution in [-0.4, -0.2) is 39.2 Å². The number of aromatic nitrogens is 3. The number of carbonyl (C=O) groups is 1. The molecule has 1 amide bonds. The number of carbonyl (C=O) groups excluding carboxylic acids is 1. The predicted molar refractivity (Wildman–Crippen MR) is 141 cm³/mol. The Balaban J connectivity index is 1.49. The van der Waals surface area contributed by atoms with Crippen molar-refractivity contribution in [2.24, 2.45) is 5.10 Å². The summed E-state index contributed by atoms with van der Waals surface area (Å²) in [4.78, 5) is 12.5. The van der Waals surface area contributed by atoms with E-state index in [1.807, 2.05) is 91.2 Å². The Morgan fingerprint density at radius 3 is 2.57 bits per heavy atom. The summed E-state index contributed by atoms with van der Waals surface area (Å²) < 4.78 is 7.51. The third-order valence-electron chi connectivity index (χ3n) is 4.97. The number of hydrogen-bond donors (Lipinski definition) is 1. The molecule has 0 aliphatic rings. The topological polar surface area (TPSA) is 81.4 Å². The van der Waals surface area contributed by atoms with Crippen LogP contribution >= 0.6 is 23.4 Å². The number of rotatable bonds is 9. The first-order chi connectivity index (χ1) is 17.0. The summed E-state index contributed by atoms with van der Waals surface area (Å²) in [5.41, 5.74) is 6.27. The van der Waals surface area contributed by atoms with Crippen molar-refractivity contribution < 1.29 is 9.53 Å². The van der Waals surface area contributed by atoms with Crippen LogP contribution in [-0.2, 0) is 4.79 Å². The maximum Gasteiger partial charge on any atom is 0.250 e. The van der Waals surface area contributed by atoms with Gasteiger partial charge < -0.3 is 4.74 Å². The highest BCUT2D eigenvalue weighted by Crippen LogP contribution is 2.29. The Kier molecular flexibility index (Phi) is 8.18. The van der Waals surface area contributed by atoms with E-state index in [2.05, 4.69) is 20.7 Å². The molecule has 1 N–H and O–H groups in total. The minimum atomic E-state index is -0.258. The molecule has 1 heterocycles. The van der Waals surface area contributed by atoms with Crippen LogP contribution in [0.1, 0.15) is 18.1 Å². The van der Waals surface area contributed by atoms with Crippen molar-refractivity contribution >= 4 is 35.5 Å². The molecule has 4 aromatic rings. The molecular formula is C26H24ClN5O2S. The molecule has 1 aromatic heterocycles. The van der Waals surface area contributed by atoms with Crippen LogP contribution in [0.4, 0.5) is 0 Å². The zero-order valence-electron chi connectivity index (χ0n) is 19.3. The smallest absolute Gasteiger partial charge is 0.250 e. The second kappa shape index (κ2) is 11.7. The molecule has 7 nitrogen and oxygen atoms in total. The van der Waals surface area contributed by atoms with Crippen LogP contribution in [0, 0.1) is 6.92 Å². The van der Waals surface area contributed by atoms with Crippen molar-refractivity contribution in [3.05, 3.63) is 88.9 Å². The minimum absolute atomic E-state index is 0.120. The lowest BCUT2D eigenvalue weighted by Gasteiger charge is -2.11. The number of hydrogen-bond acceptors (Lipinski definition) is 6. The molecule has 0 fully saturated rings. The van der Waals surface area contributed by atoms with Gasteiger partial charge in [-0.3, -0.25) is 9.36 Å². The maximum atomic E-state index is 12.5. The molecule has 0 saturated carbocycles. The van der Waals surface area contributed by atoms with Gasteiger partial charge >= 0.3 is 0 Å². The lowest BCUT2D eigenvalue weighted by Crippen LogP contribution is -2.20. The van der Waals surface area contributed by atoms with Gasteiger partial charge in [0.1, 0.15) is 5.75 Å². The molecule has 0 atom stereocenters. The lowest BCUT2D eigenvalue weighted by molar-refractivity contribution is -0.118. The largest absolute Gasteiger partial charge is 0.493 e. The van der Waals surface area contributed by atoms with Crippen LogP contribution in [0.2, 0.25) is 5.02 Å². The van der Waals surface area contributed by atoms with Crippen molar-refractivity contribution in [2.45, 2.75) is 19.0 Å². The number of ether oxygens (including phenoxy) is 1. The summed E-state index contributed by atoms with van der Waals surface area (Å²) in [6, 6.07) is 23.0. The number of nitrogens with one attached hydrogen (secondary N) is 1. The van der Waals surface area contributed by atoms with Crippen molar-refractivity contribution in [3.63, 3.8) is 0 Å². The number of thioether (sulfide) groups is 1. The van der Waals surface area contributed by atoms with Crippen molar-refractivity contribution in [3.8, 4) is 22.8 Å². The molecule has 0 aliphatic heterocycles. The van der Waals surface area contributed by atoms with Crippen molar-refractivity contribution in [1.29, 1.82) is 0 Å². The summed E-state index contributed by atoms with van der Waals surface area (Å²) in [6.07, 6.45) is 1.57. The first-order valence-corrected chi connectivity index (χ1v) is 12.4. The number of benzene rings is 3. The Hall–Kier alpha value is -3.62. The van der Waals surface area contributed by atoms with Gasteiger partial charge in [-0.15, -0.1) is 10.2 Å². The van der Waals surface area contributed by atoms with E-state index in [4.69, 9.17) is 16.3 Å². The number of halogens is 1. The number of nitrogens with zero attached hydrogens (tertiary/aromatic N) is 4. The third kappa shape index (κ3) is 6.29. The Bertz CT molecular complexity index is 1320. The number of hydrazone groups is 1. The quantitative estimate of drug-likeness (QED) is 0.183. The van der Waals surface area contributed by atoms with Gasteiger partial charge in [0.15, 0.2) is 11.0 Å². The van der Waals surface area contributed by atoms with Gasteiger partial charge in [-0.25, -0.2) is 5.43 Å². The average molecular weight is 506 g/mol. The fourth-order valence-corrected chi connectivity index (χ4v) is 4.16. The number of amides is 1. The Labute approximate surface area is 213 Å². The van der Waals surface area contributed by atoms with Crippen LogP contribution in [0.15, 0.2) is 83.1 Å². The molecule has 0 unspecified atom stereocenters.